The largest absolute Gasteiger partial charge is 0.396 e. The van der Waals surface area contributed by atoms with Gasteiger partial charge in [-0.2, -0.15) is 0 Å². The molecule has 1 rings (SSSR count). The number of anilines is 2. The maximum atomic E-state index is 8.84. The predicted molar refractivity (Wildman–Crippen MR) is 65.2 cm³/mol. The number of nitrogen functional groups attached to an aromatic ring is 1. The fourth-order valence-corrected chi connectivity index (χ4v) is 1.55. The number of nitrogens with zero attached hydrogens (tertiary/aromatic N) is 2. The van der Waals surface area contributed by atoms with Crippen LogP contribution in [0.3, 0.4) is 0 Å². The quantitative estimate of drug-likeness (QED) is 0.676. The van der Waals surface area contributed by atoms with Gasteiger partial charge in [-0.25, -0.2) is 9.97 Å². The van der Waals surface area contributed by atoms with Crippen LogP contribution in [0.25, 0.3) is 0 Å². The van der Waals surface area contributed by atoms with Crippen LogP contribution in [0, 0.1) is 0 Å². The Morgan fingerprint density at radius 3 is 2.88 bits per heavy atom. The highest BCUT2D eigenvalue weighted by Crippen LogP contribution is 2.19. The second-order valence-electron chi connectivity index (χ2n) is 3.89. The van der Waals surface area contributed by atoms with E-state index in [1.807, 2.05) is 6.92 Å². The molecule has 1 aromatic heterocycles. The molecular formula is C11H20N4O. The minimum atomic E-state index is 0.165. The Balaban J connectivity index is 2.81. The summed E-state index contributed by atoms with van der Waals surface area (Å²) >= 11 is 0. The molecule has 0 aliphatic rings. The van der Waals surface area contributed by atoms with E-state index in [0.717, 1.165) is 24.2 Å². The molecule has 16 heavy (non-hydrogen) atoms. The first kappa shape index (κ1) is 12.7. The van der Waals surface area contributed by atoms with Gasteiger partial charge in [0.25, 0.3) is 0 Å². The zero-order valence-corrected chi connectivity index (χ0v) is 9.90. The molecule has 0 aliphatic carbocycles. The molecule has 0 aliphatic heterocycles. The van der Waals surface area contributed by atoms with Crippen molar-refractivity contribution in [3.63, 3.8) is 0 Å². The predicted octanol–water partition coefficient (Wildman–Crippen LogP) is 1.19. The molecule has 0 amide bonds. The minimum Gasteiger partial charge on any atom is -0.396 e. The van der Waals surface area contributed by atoms with Crippen molar-refractivity contribution in [3.8, 4) is 0 Å². The lowest BCUT2D eigenvalue weighted by Crippen LogP contribution is -2.19. The van der Waals surface area contributed by atoms with Gasteiger partial charge in [0.05, 0.1) is 0 Å². The van der Waals surface area contributed by atoms with Crippen molar-refractivity contribution >= 4 is 11.6 Å². The SMILES string of the molecule is CCCc1c(N)ncnc1NC(C)CCO. The minimum absolute atomic E-state index is 0.165. The molecule has 1 aromatic rings. The van der Waals surface area contributed by atoms with Gasteiger partial charge in [-0.15, -0.1) is 0 Å². The van der Waals surface area contributed by atoms with Gasteiger partial charge < -0.3 is 16.2 Å². The number of hydrogen-bond acceptors (Lipinski definition) is 5. The monoisotopic (exact) mass is 224 g/mol. The van der Waals surface area contributed by atoms with Crippen molar-refractivity contribution in [3.05, 3.63) is 11.9 Å². The number of nitrogens with two attached hydrogens (primary N) is 1. The van der Waals surface area contributed by atoms with Crippen LogP contribution in [0.5, 0.6) is 0 Å². The summed E-state index contributed by atoms with van der Waals surface area (Å²) in [6.45, 7) is 4.26. The molecule has 0 bridgehead atoms. The highest BCUT2D eigenvalue weighted by atomic mass is 16.3. The Bertz CT molecular complexity index is 330. The molecule has 1 heterocycles. The van der Waals surface area contributed by atoms with Crippen LogP contribution < -0.4 is 11.1 Å². The molecular weight excluding hydrogens is 204 g/mol. The number of nitrogens with one attached hydrogen (secondary N) is 1. The molecule has 0 spiro atoms. The second-order valence-corrected chi connectivity index (χ2v) is 3.89. The van der Waals surface area contributed by atoms with E-state index in [4.69, 9.17) is 10.8 Å². The van der Waals surface area contributed by atoms with Crippen molar-refractivity contribution in [2.45, 2.75) is 39.2 Å². The van der Waals surface area contributed by atoms with E-state index in [-0.39, 0.29) is 12.6 Å². The van der Waals surface area contributed by atoms with E-state index in [2.05, 4.69) is 22.2 Å². The third kappa shape index (κ3) is 3.34. The Hall–Kier alpha value is -1.36. The topological polar surface area (TPSA) is 84.1 Å². The lowest BCUT2D eigenvalue weighted by molar-refractivity contribution is 0.282. The summed E-state index contributed by atoms with van der Waals surface area (Å²) in [5.74, 6) is 1.32. The summed E-state index contributed by atoms with van der Waals surface area (Å²) in [5, 5.41) is 12.1. The van der Waals surface area contributed by atoms with Crippen LogP contribution in [-0.2, 0) is 6.42 Å². The molecule has 1 unspecified atom stereocenters. The Morgan fingerprint density at radius 1 is 1.50 bits per heavy atom. The average molecular weight is 224 g/mol. The van der Waals surface area contributed by atoms with Crippen molar-refractivity contribution in [1.82, 2.24) is 9.97 Å². The van der Waals surface area contributed by atoms with Gasteiger partial charge in [0.15, 0.2) is 0 Å². The molecule has 0 fully saturated rings. The van der Waals surface area contributed by atoms with Crippen molar-refractivity contribution in [2.75, 3.05) is 17.7 Å². The highest BCUT2D eigenvalue weighted by Gasteiger charge is 2.10. The van der Waals surface area contributed by atoms with Crippen LogP contribution in [0.15, 0.2) is 6.33 Å². The first-order valence-corrected chi connectivity index (χ1v) is 5.65. The van der Waals surface area contributed by atoms with Crippen molar-refractivity contribution in [2.24, 2.45) is 0 Å². The normalized spacial score (nSPS) is 12.4. The number of aliphatic hydroxyl groups excluding tert-OH is 1. The third-order valence-corrected chi connectivity index (χ3v) is 2.42. The van der Waals surface area contributed by atoms with Gasteiger partial charge in [-0.1, -0.05) is 13.3 Å². The van der Waals surface area contributed by atoms with Gasteiger partial charge in [0, 0.05) is 18.2 Å². The summed E-state index contributed by atoms with van der Waals surface area (Å²) in [6.07, 6.45) is 4.01. The lowest BCUT2D eigenvalue weighted by atomic mass is 10.1. The first-order valence-electron chi connectivity index (χ1n) is 5.65. The summed E-state index contributed by atoms with van der Waals surface area (Å²) in [5.41, 5.74) is 6.78. The van der Waals surface area contributed by atoms with Gasteiger partial charge >= 0.3 is 0 Å². The van der Waals surface area contributed by atoms with E-state index >= 15 is 0 Å². The molecule has 0 radical (unpaired) electrons. The summed E-state index contributed by atoms with van der Waals surface area (Å²) in [4.78, 5) is 8.19. The van der Waals surface area contributed by atoms with E-state index in [9.17, 15) is 0 Å². The summed E-state index contributed by atoms with van der Waals surface area (Å²) in [6, 6.07) is 0.176. The third-order valence-electron chi connectivity index (χ3n) is 2.42. The molecule has 90 valence electrons. The Labute approximate surface area is 96.1 Å². The zero-order valence-electron chi connectivity index (χ0n) is 9.90. The fraction of sp³-hybridized carbons (Fsp3) is 0.636. The highest BCUT2D eigenvalue weighted by molar-refractivity contribution is 5.55. The summed E-state index contributed by atoms with van der Waals surface area (Å²) < 4.78 is 0. The van der Waals surface area contributed by atoms with Crippen molar-refractivity contribution in [1.29, 1.82) is 0 Å². The number of rotatable bonds is 6. The molecule has 0 saturated heterocycles. The van der Waals surface area contributed by atoms with Gasteiger partial charge in [-0.05, 0) is 19.8 Å². The number of hydrogen-bond donors (Lipinski definition) is 3. The Morgan fingerprint density at radius 2 is 2.25 bits per heavy atom. The van der Waals surface area contributed by atoms with Crippen LogP contribution >= 0.6 is 0 Å². The summed E-state index contributed by atoms with van der Waals surface area (Å²) in [7, 11) is 0. The van der Waals surface area contributed by atoms with Crippen LogP contribution in [0.4, 0.5) is 11.6 Å². The van der Waals surface area contributed by atoms with Gasteiger partial charge in [0.1, 0.15) is 18.0 Å². The zero-order chi connectivity index (χ0) is 12.0. The van der Waals surface area contributed by atoms with Crippen LogP contribution in [-0.4, -0.2) is 27.7 Å². The molecule has 5 heteroatoms. The molecule has 0 aromatic carbocycles. The maximum absolute atomic E-state index is 8.84. The molecule has 4 N–H and O–H groups in total. The van der Waals surface area contributed by atoms with E-state index in [0.29, 0.717) is 12.2 Å². The van der Waals surface area contributed by atoms with Gasteiger partial charge in [0.2, 0.25) is 0 Å². The van der Waals surface area contributed by atoms with Crippen molar-refractivity contribution < 1.29 is 5.11 Å². The van der Waals surface area contributed by atoms with Gasteiger partial charge in [-0.3, -0.25) is 0 Å². The molecule has 0 saturated carbocycles. The average Bonchev–Trinajstić information content (AvgIpc) is 2.23. The van der Waals surface area contributed by atoms with Crippen LogP contribution in [0.2, 0.25) is 0 Å². The molecule has 5 nitrogen and oxygen atoms in total. The van der Waals surface area contributed by atoms with E-state index in [1.54, 1.807) is 0 Å². The smallest absolute Gasteiger partial charge is 0.134 e. The van der Waals surface area contributed by atoms with E-state index < -0.39 is 0 Å². The van der Waals surface area contributed by atoms with E-state index in [1.165, 1.54) is 6.33 Å². The first-order chi connectivity index (χ1) is 7.69. The lowest BCUT2D eigenvalue weighted by Gasteiger charge is -2.16. The number of aliphatic hydroxyl groups is 1. The Kier molecular flexibility index (Phi) is 4.98. The fourth-order valence-electron chi connectivity index (χ4n) is 1.55. The van der Waals surface area contributed by atoms with Crippen LogP contribution in [0.1, 0.15) is 32.3 Å². The second kappa shape index (κ2) is 6.27. The molecule has 1 atom stereocenters. The maximum Gasteiger partial charge on any atom is 0.134 e. The standard InChI is InChI=1S/C11H20N4O/c1-3-4-9-10(12)13-7-14-11(9)15-8(2)5-6-16/h7-8,16H,3-6H2,1-2H3,(H3,12,13,14,15). The number of aromatic nitrogens is 2.